The number of amides is 1. The minimum absolute atomic E-state index is 0.201. The molecule has 8 heteroatoms. The van der Waals surface area contributed by atoms with Crippen LogP contribution in [0.4, 0.5) is 5.69 Å². The number of carbonyl (C=O) groups excluding carboxylic acids is 1. The Labute approximate surface area is 241 Å². The number of nitriles is 1. The standard InChI is InChI=1S/C33H37N7O/c1-22(41)39-13-11-33(12-14-39)18-25(19-33)29-17-31(38-37-29)28-9-7-24(16-30(28)36-26-5-3-2-4-6-26)32-10-8-27-15-23(20-34)21-35-40(27)32/h7-10,15-16,21,25-26,36H,2-6,11-14,17-19H2,1H3. The first-order chi connectivity index (χ1) is 20.0. The maximum atomic E-state index is 11.8. The van der Waals surface area contributed by atoms with E-state index in [2.05, 4.69) is 40.8 Å². The first-order valence-electron chi connectivity index (χ1n) is 15.2. The molecular formula is C33H37N7O. The first-order valence-corrected chi connectivity index (χ1v) is 15.2. The van der Waals surface area contributed by atoms with Gasteiger partial charge in [0.05, 0.1) is 28.7 Å². The van der Waals surface area contributed by atoms with E-state index in [9.17, 15) is 10.1 Å². The van der Waals surface area contributed by atoms with Crippen molar-refractivity contribution in [1.82, 2.24) is 14.5 Å². The summed E-state index contributed by atoms with van der Waals surface area (Å²) in [5.74, 6) is 0.706. The lowest BCUT2D eigenvalue weighted by Crippen LogP contribution is -2.49. The van der Waals surface area contributed by atoms with Crippen LogP contribution in [0.5, 0.6) is 0 Å². The van der Waals surface area contributed by atoms with Gasteiger partial charge in [0.1, 0.15) is 6.07 Å². The summed E-state index contributed by atoms with van der Waals surface area (Å²) in [6.45, 7) is 3.47. The monoisotopic (exact) mass is 547 g/mol. The van der Waals surface area contributed by atoms with Crippen LogP contribution in [0.15, 0.2) is 52.8 Å². The molecule has 210 valence electrons. The summed E-state index contributed by atoms with van der Waals surface area (Å²) >= 11 is 0. The van der Waals surface area contributed by atoms with Gasteiger partial charge in [-0.3, -0.25) is 4.79 Å². The maximum absolute atomic E-state index is 11.8. The molecule has 0 unspecified atom stereocenters. The minimum atomic E-state index is 0.201. The van der Waals surface area contributed by atoms with Crippen LogP contribution >= 0.6 is 0 Å². The number of aromatic nitrogens is 2. The zero-order valence-corrected chi connectivity index (χ0v) is 23.8. The van der Waals surface area contributed by atoms with Crippen LogP contribution in [0.3, 0.4) is 0 Å². The van der Waals surface area contributed by atoms with E-state index >= 15 is 0 Å². The van der Waals surface area contributed by atoms with Crippen LogP contribution in [0.1, 0.15) is 82.3 Å². The number of anilines is 1. The van der Waals surface area contributed by atoms with Crippen molar-refractivity contribution in [3.8, 4) is 17.3 Å². The fourth-order valence-electron chi connectivity index (χ4n) is 7.49. The van der Waals surface area contributed by atoms with Crippen LogP contribution in [-0.2, 0) is 4.79 Å². The average Bonchev–Trinajstić information content (AvgIpc) is 3.64. The van der Waals surface area contributed by atoms with Gasteiger partial charge in [0.25, 0.3) is 0 Å². The molecule has 3 aromatic rings. The van der Waals surface area contributed by atoms with Gasteiger partial charge in [-0.1, -0.05) is 31.4 Å². The molecule has 8 nitrogen and oxygen atoms in total. The van der Waals surface area contributed by atoms with Gasteiger partial charge in [-0.05, 0) is 68.2 Å². The number of nitrogens with zero attached hydrogens (tertiary/aromatic N) is 6. The third kappa shape index (κ3) is 4.92. The summed E-state index contributed by atoms with van der Waals surface area (Å²) in [4.78, 5) is 13.7. The quantitative estimate of drug-likeness (QED) is 0.411. The van der Waals surface area contributed by atoms with Gasteiger partial charge < -0.3 is 10.2 Å². The number of fused-ring (bicyclic) bond motifs is 1. The Morgan fingerprint density at radius 2 is 1.85 bits per heavy atom. The first kappa shape index (κ1) is 25.9. The highest BCUT2D eigenvalue weighted by atomic mass is 16.2. The number of hydrogen-bond acceptors (Lipinski definition) is 6. The summed E-state index contributed by atoms with van der Waals surface area (Å²) in [5.41, 5.74) is 8.48. The molecule has 2 saturated carbocycles. The maximum Gasteiger partial charge on any atom is 0.219 e. The molecule has 4 aliphatic rings. The number of benzene rings is 1. The molecule has 0 radical (unpaired) electrons. The molecule has 0 atom stereocenters. The normalized spacial score (nSPS) is 20.9. The van der Waals surface area contributed by atoms with Gasteiger partial charge in [-0.2, -0.15) is 20.6 Å². The molecule has 1 aromatic carbocycles. The predicted octanol–water partition coefficient (Wildman–Crippen LogP) is 6.21. The number of piperidine rings is 1. The zero-order chi connectivity index (χ0) is 28.0. The Bertz CT molecular complexity index is 1590. The predicted molar refractivity (Wildman–Crippen MR) is 161 cm³/mol. The number of carbonyl (C=O) groups is 1. The highest BCUT2D eigenvalue weighted by molar-refractivity contribution is 6.18. The molecule has 1 N–H and O–H groups in total. The molecule has 1 saturated heterocycles. The summed E-state index contributed by atoms with van der Waals surface area (Å²) in [6, 6.07) is 15.2. The van der Waals surface area contributed by atoms with E-state index in [0.29, 0.717) is 22.9 Å². The van der Waals surface area contributed by atoms with E-state index < -0.39 is 0 Å². The Morgan fingerprint density at radius 1 is 1.05 bits per heavy atom. The van der Waals surface area contributed by atoms with Crippen LogP contribution in [-0.4, -0.2) is 51.0 Å². The largest absolute Gasteiger partial charge is 0.382 e. The summed E-state index contributed by atoms with van der Waals surface area (Å²) < 4.78 is 1.90. The van der Waals surface area contributed by atoms with Gasteiger partial charge in [0.2, 0.25) is 5.91 Å². The zero-order valence-electron chi connectivity index (χ0n) is 23.8. The molecule has 2 aliphatic heterocycles. The van der Waals surface area contributed by atoms with E-state index in [0.717, 1.165) is 66.1 Å². The van der Waals surface area contributed by atoms with Gasteiger partial charge in [0, 0.05) is 60.9 Å². The summed E-state index contributed by atoms with van der Waals surface area (Å²) in [5, 5.41) is 27.2. The number of likely N-dealkylation sites (tertiary alicyclic amines) is 1. The molecule has 41 heavy (non-hydrogen) atoms. The topological polar surface area (TPSA) is 98.1 Å². The van der Waals surface area contributed by atoms with Crippen molar-refractivity contribution < 1.29 is 4.79 Å². The van der Waals surface area contributed by atoms with E-state index in [4.69, 9.17) is 10.2 Å². The number of rotatable bonds is 5. The molecule has 7 rings (SSSR count). The fraction of sp³-hybridized carbons (Fsp3) is 0.485. The second-order valence-corrected chi connectivity index (χ2v) is 12.6. The highest BCUT2D eigenvalue weighted by Gasteiger charge is 2.48. The lowest BCUT2D eigenvalue weighted by atomic mass is 9.56. The molecule has 1 spiro atoms. The van der Waals surface area contributed by atoms with Gasteiger partial charge in [-0.25, -0.2) is 4.52 Å². The lowest BCUT2D eigenvalue weighted by Gasteiger charge is -2.52. The van der Waals surface area contributed by atoms with E-state index in [1.807, 2.05) is 21.5 Å². The SMILES string of the molecule is CC(=O)N1CCC2(CC1)CC(C1=NN=C(c3ccc(-c4ccc5cc(C#N)cnn45)cc3NC3CCCCC3)C1)C2. The Kier molecular flexibility index (Phi) is 6.61. The Hall–Kier alpha value is -3.99. The van der Waals surface area contributed by atoms with Crippen LogP contribution in [0.2, 0.25) is 0 Å². The third-order valence-electron chi connectivity index (χ3n) is 9.97. The van der Waals surface area contributed by atoms with Crippen molar-refractivity contribution in [3.63, 3.8) is 0 Å². The number of nitrogens with one attached hydrogen (secondary N) is 1. The number of hydrogen-bond donors (Lipinski definition) is 1. The Morgan fingerprint density at radius 3 is 2.61 bits per heavy atom. The fourth-order valence-corrected chi connectivity index (χ4v) is 7.49. The van der Waals surface area contributed by atoms with Crippen molar-refractivity contribution in [2.24, 2.45) is 21.5 Å². The minimum Gasteiger partial charge on any atom is -0.382 e. The molecule has 1 amide bonds. The van der Waals surface area contributed by atoms with E-state index in [1.54, 1.807) is 13.1 Å². The van der Waals surface area contributed by atoms with Crippen molar-refractivity contribution in [1.29, 1.82) is 5.26 Å². The van der Waals surface area contributed by atoms with Crippen LogP contribution in [0, 0.1) is 22.7 Å². The van der Waals surface area contributed by atoms with Crippen LogP contribution in [0.25, 0.3) is 16.8 Å². The second kappa shape index (κ2) is 10.4. The van der Waals surface area contributed by atoms with Gasteiger partial charge in [0.15, 0.2) is 0 Å². The average molecular weight is 548 g/mol. The molecule has 4 heterocycles. The Balaban J connectivity index is 1.10. The van der Waals surface area contributed by atoms with Crippen molar-refractivity contribution >= 4 is 28.5 Å². The molecule has 3 fully saturated rings. The smallest absolute Gasteiger partial charge is 0.219 e. The van der Waals surface area contributed by atoms with Gasteiger partial charge >= 0.3 is 0 Å². The molecule has 0 bridgehead atoms. The van der Waals surface area contributed by atoms with E-state index in [1.165, 1.54) is 50.7 Å². The van der Waals surface area contributed by atoms with Crippen molar-refractivity contribution in [2.75, 3.05) is 18.4 Å². The van der Waals surface area contributed by atoms with E-state index in [-0.39, 0.29) is 5.91 Å². The summed E-state index contributed by atoms with van der Waals surface area (Å²) in [6.07, 6.45) is 13.2. The third-order valence-corrected chi connectivity index (χ3v) is 9.97. The molecular weight excluding hydrogens is 510 g/mol. The van der Waals surface area contributed by atoms with Crippen molar-refractivity contribution in [3.05, 3.63) is 53.7 Å². The molecule has 2 aliphatic carbocycles. The van der Waals surface area contributed by atoms with Crippen molar-refractivity contribution in [2.45, 2.75) is 77.2 Å². The lowest BCUT2D eigenvalue weighted by molar-refractivity contribution is -0.132. The summed E-state index contributed by atoms with van der Waals surface area (Å²) in [7, 11) is 0. The molecule has 2 aromatic heterocycles. The van der Waals surface area contributed by atoms with Crippen LogP contribution < -0.4 is 5.32 Å². The van der Waals surface area contributed by atoms with Gasteiger partial charge in [-0.15, -0.1) is 0 Å². The highest BCUT2D eigenvalue weighted by Crippen LogP contribution is 2.53. The second-order valence-electron chi connectivity index (χ2n) is 12.6.